The van der Waals surface area contributed by atoms with Gasteiger partial charge in [-0.3, -0.25) is 9.69 Å². The van der Waals surface area contributed by atoms with Crippen LogP contribution in [0, 0.1) is 5.92 Å². The van der Waals surface area contributed by atoms with Gasteiger partial charge in [-0.1, -0.05) is 6.07 Å². The summed E-state index contributed by atoms with van der Waals surface area (Å²) in [6.07, 6.45) is 0.571. The lowest BCUT2D eigenvalue weighted by Crippen LogP contribution is -2.49. The van der Waals surface area contributed by atoms with Crippen LogP contribution < -0.4 is 15.0 Å². The molecule has 0 spiro atoms. The van der Waals surface area contributed by atoms with E-state index in [-0.39, 0.29) is 12.2 Å². The number of rotatable bonds is 6. The summed E-state index contributed by atoms with van der Waals surface area (Å²) in [5.41, 5.74) is 1.23. The first-order valence-corrected chi connectivity index (χ1v) is 9.49. The van der Waals surface area contributed by atoms with Gasteiger partial charge in [-0.2, -0.15) is 0 Å². The molecule has 2 aromatic rings. The molecule has 0 amide bonds. The molecule has 6 heteroatoms. The topological polar surface area (TPSA) is 63.9 Å². The highest BCUT2D eigenvalue weighted by Gasteiger charge is 2.34. The maximum Gasteiger partial charge on any atom is 0.250 e. The number of nitrogens with zero attached hydrogens (tertiary/aromatic N) is 2. The predicted octanol–water partition coefficient (Wildman–Crippen LogP) is 1.72. The quantitative estimate of drug-likeness (QED) is 0.839. The van der Waals surface area contributed by atoms with Crippen molar-refractivity contribution in [3.8, 4) is 11.5 Å². The molecule has 1 saturated heterocycles. The zero-order valence-electron chi connectivity index (χ0n) is 15.6. The second-order valence-corrected chi connectivity index (χ2v) is 7.56. The highest BCUT2D eigenvalue weighted by molar-refractivity contribution is 5.31. The summed E-state index contributed by atoms with van der Waals surface area (Å²) >= 11 is 0. The average molecular weight is 370 g/mol. The van der Waals surface area contributed by atoms with E-state index in [1.807, 2.05) is 34.9 Å². The molecule has 1 aromatic heterocycles. The summed E-state index contributed by atoms with van der Waals surface area (Å²) in [6.45, 7) is 3.41. The SMILES string of the molecule is COc1ccc(OCC(O)CN2C[C@H]3C[C@@H](C2)c2cccc(=O)n2C3)cc1. The molecule has 1 unspecified atom stereocenters. The van der Waals surface area contributed by atoms with E-state index >= 15 is 0 Å². The second-order valence-electron chi connectivity index (χ2n) is 7.56. The van der Waals surface area contributed by atoms with Gasteiger partial charge in [0.2, 0.25) is 0 Å². The van der Waals surface area contributed by atoms with E-state index in [4.69, 9.17) is 9.47 Å². The van der Waals surface area contributed by atoms with Crippen LogP contribution in [-0.2, 0) is 6.54 Å². The molecular formula is C21H26N2O4. The first-order valence-electron chi connectivity index (χ1n) is 9.49. The highest BCUT2D eigenvalue weighted by atomic mass is 16.5. The predicted molar refractivity (Wildman–Crippen MR) is 102 cm³/mol. The van der Waals surface area contributed by atoms with Crippen LogP contribution >= 0.6 is 0 Å². The fourth-order valence-electron chi connectivity index (χ4n) is 4.36. The molecule has 2 aliphatic heterocycles. The number of benzene rings is 1. The van der Waals surface area contributed by atoms with Gasteiger partial charge in [0.1, 0.15) is 24.2 Å². The molecule has 27 heavy (non-hydrogen) atoms. The summed E-state index contributed by atoms with van der Waals surface area (Å²) in [7, 11) is 1.63. The number of hydrogen-bond acceptors (Lipinski definition) is 5. The first kappa shape index (κ1) is 18.1. The van der Waals surface area contributed by atoms with Crippen LogP contribution in [-0.4, -0.2) is 54.0 Å². The summed E-state index contributed by atoms with van der Waals surface area (Å²) in [5, 5.41) is 10.4. The number of ether oxygens (including phenoxy) is 2. The van der Waals surface area contributed by atoms with Crippen molar-refractivity contribution in [2.75, 3.05) is 33.4 Å². The van der Waals surface area contributed by atoms with Gasteiger partial charge in [-0.05, 0) is 42.7 Å². The molecule has 2 aliphatic rings. The van der Waals surface area contributed by atoms with Crippen LogP contribution in [0.1, 0.15) is 18.0 Å². The molecular weight excluding hydrogens is 344 g/mol. The lowest BCUT2D eigenvalue weighted by atomic mass is 9.83. The van der Waals surface area contributed by atoms with Gasteiger partial charge in [0.05, 0.1) is 7.11 Å². The number of aliphatic hydroxyl groups excluding tert-OH is 1. The van der Waals surface area contributed by atoms with Gasteiger partial charge >= 0.3 is 0 Å². The Bertz CT molecular complexity index is 833. The third-order valence-corrected chi connectivity index (χ3v) is 5.53. The molecule has 1 N–H and O–H groups in total. The average Bonchev–Trinajstić information content (AvgIpc) is 2.67. The Morgan fingerprint density at radius 3 is 2.67 bits per heavy atom. The third kappa shape index (κ3) is 4.01. The van der Waals surface area contributed by atoms with Crippen molar-refractivity contribution in [3.63, 3.8) is 0 Å². The highest BCUT2D eigenvalue weighted by Crippen LogP contribution is 2.34. The minimum Gasteiger partial charge on any atom is -0.497 e. The van der Waals surface area contributed by atoms with Crippen LogP contribution in [0.25, 0.3) is 0 Å². The number of hydrogen-bond donors (Lipinski definition) is 1. The molecule has 2 bridgehead atoms. The van der Waals surface area contributed by atoms with E-state index in [0.29, 0.717) is 18.4 Å². The van der Waals surface area contributed by atoms with Crippen molar-refractivity contribution in [2.24, 2.45) is 5.92 Å². The van der Waals surface area contributed by atoms with E-state index < -0.39 is 6.10 Å². The number of methoxy groups -OCH3 is 1. The fourth-order valence-corrected chi connectivity index (χ4v) is 4.36. The van der Waals surface area contributed by atoms with Gasteiger partial charge in [-0.15, -0.1) is 0 Å². The van der Waals surface area contributed by atoms with Gasteiger partial charge in [0.25, 0.3) is 5.56 Å². The lowest BCUT2D eigenvalue weighted by molar-refractivity contribution is 0.0384. The molecule has 144 valence electrons. The smallest absolute Gasteiger partial charge is 0.250 e. The Morgan fingerprint density at radius 1 is 1.11 bits per heavy atom. The zero-order chi connectivity index (χ0) is 18.8. The fraction of sp³-hybridized carbons (Fsp3) is 0.476. The summed E-state index contributed by atoms with van der Waals surface area (Å²) in [5.74, 6) is 2.33. The minimum absolute atomic E-state index is 0.101. The Labute approximate surface area is 158 Å². The number of aromatic nitrogens is 1. The van der Waals surface area contributed by atoms with E-state index in [1.54, 1.807) is 13.2 Å². The van der Waals surface area contributed by atoms with Gasteiger partial charge in [-0.25, -0.2) is 0 Å². The summed E-state index contributed by atoms with van der Waals surface area (Å²) in [4.78, 5) is 14.4. The summed E-state index contributed by atoms with van der Waals surface area (Å²) < 4.78 is 12.8. The van der Waals surface area contributed by atoms with Crippen molar-refractivity contribution in [3.05, 3.63) is 58.5 Å². The van der Waals surface area contributed by atoms with Crippen LogP contribution in [0.3, 0.4) is 0 Å². The third-order valence-electron chi connectivity index (χ3n) is 5.53. The maximum absolute atomic E-state index is 12.1. The Balaban J connectivity index is 1.33. The second kappa shape index (κ2) is 7.74. The molecule has 0 saturated carbocycles. The number of likely N-dealkylation sites (tertiary alicyclic amines) is 1. The monoisotopic (exact) mass is 370 g/mol. The Morgan fingerprint density at radius 2 is 1.89 bits per heavy atom. The van der Waals surface area contributed by atoms with E-state index in [1.165, 1.54) is 0 Å². The molecule has 1 aromatic carbocycles. The summed E-state index contributed by atoms with van der Waals surface area (Å²) in [6, 6.07) is 12.9. The van der Waals surface area contributed by atoms with Crippen LogP contribution in [0.4, 0.5) is 0 Å². The molecule has 0 radical (unpaired) electrons. The van der Waals surface area contributed by atoms with E-state index in [2.05, 4.69) is 11.0 Å². The largest absolute Gasteiger partial charge is 0.497 e. The number of β-amino-alcohol motifs (C(OH)–C–C–N with tert-alkyl or cyclic N) is 1. The number of aliphatic hydroxyl groups is 1. The van der Waals surface area contributed by atoms with Crippen LogP contribution in [0.2, 0.25) is 0 Å². The Kier molecular flexibility index (Phi) is 5.18. The molecule has 3 heterocycles. The number of fused-ring (bicyclic) bond motifs is 4. The molecule has 0 aliphatic carbocycles. The molecule has 1 fully saturated rings. The first-order chi connectivity index (χ1) is 13.1. The van der Waals surface area contributed by atoms with Gasteiger partial charge in [0, 0.05) is 43.9 Å². The minimum atomic E-state index is -0.552. The lowest BCUT2D eigenvalue weighted by Gasteiger charge is -2.43. The van der Waals surface area contributed by atoms with Crippen molar-refractivity contribution < 1.29 is 14.6 Å². The van der Waals surface area contributed by atoms with Gasteiger partial charge < -0.3 is 19.1 Å². The van der Waals surface area contributed by atoms with Crippen molar-refractivity contribution >= 4 is 0 Å². The van der Waals surface area contributed by atoms with E-state index in [9.17, 15) is 9.90 Å². The van der Waals surface area contributed by atoms with Gasteiger partial charge in [0.15, 0.2) is 0 Å². The standard InChI is InChI=1S/C21H26N2O4/c1-26-18-5-7-19(8-6-18)27-14-17(24)13-22-10-15-9-16(12-22)20-3-2-4-21(25)23(20)11-15/h2-8,15-17,24H,9-14H2,1H3/t15-,16+,17?/m1/s1. The number of piperidine rings is 1. The molecule has 4 rings (SSSR count). The molecule has 3 atom stereocenters. The maximum atomic E-state index is 12.1. The van der Waals surface area contributed by atoms with Crippen molar-refractivity contribution in [1.29, 1.82) is 0 Å². The van der Waals surface area contributed by atoms with Crippen molar-refractivity contribution in [1.82, 2.24) is 9.47 Å². The molecule has 6 nitrogen and oxygen atoms in total. The zero-order valence-corrected chi connectivity index (χ0v) is 15.6. The number of pyridine rings is 1. The van der Waals surface area contributed by atoms with Crippen molar-refractivity contribution in [2.45, 2.75) is 25.0 Å². The Hall–Kier alpha value is -2.31. The normalized spacial score (nSPS) is 22.7. The van der Waals surface area contributed by atoms with Crippen LogP contribution in [0.5, 0.6) is 11.5 Å². The van der Waals surface area contributed by atoms with E-state index in [0.717, 1.165) is 43.2 Å². The van der Waals surface area contributed by atoms with Crippen LogP contribution in [0.15, 0.2) is 47.3 Å².